The van der Waals surface area contributed by atoms with Crippen molar-refractivity contribution in [2.45, 2.75) is 30.2 Å². The minimum Gasteiger partial charge on any atom is -0.379 e. The summed E-state index contributed by atoms with van der Waals surface area (Å²) in [6.07, 6.45) is 5.48. The topological polar surface area (TPSA) is 58.6 Å². The third-order valence-corrected chi connectivity index (χ3v) is 8.24. The van der Waals surface area contributed by atoms with Gasteiger partial charge in [-0.05, 0) is 48.6 Å². The molecular weight excluding hydrogens is 384 g/mol. The van der Waals surface area contributed by atoms with E-state index in [2.05, 4.69) is 48.7 Å². The summed E-state index contributed by atoms with van der Waals surface area (Å²) < 4.78 is 33.1. The minimum absolute atomic E-state index is 0.226. The highest BCUT2D eigenvalue weighted by Gasteiger charge is 2.39. The van der Waals surface area contributed by atoms with E-state index in [4.69, 9.17) is 4.74 Å². The maximum Gasteiger partial charge on any atom is 0.243 e. The number of hydrogen-bond acceptors (Lipinski definition) is 4. The first-order chi connectivity index (χ1) is 14.0. The van der Waals surface area contributed by atoms with E-state index in [1.54, 1.807) is 6.07 Å². The van der Waals surface area contributed by atoms with Crippen molar-refractivity contribution in [2.75, 3.05) is 31.6 Å². The van der Waals surface area contributed by atoms with Crippen LogP contribution in [0.1, 0.15) is 35.1 Å². The fourth-order valence-corrected chi connectivity index (χ4v) is 6.31. The van der Waals surface area contributed by atoms with E-state index in [0.29, 0.717) is 37.1 Å². The van der Waals surface area contributed by atoms with Crippen molar-refractivity contribution in [1.82, 2.24) is 4.31 Å². The number of benzene rings is 2. The average molecular weight is 411 g/mol. The van der Waals surface area contributed by atoms with E-state index >= 15 is 0 Å². The molecule has 2 aromatic carbocycles. The highest BCUT2D eigenvalue weighted by Crippen LogP contribution is 2.50. The molecule has 0 amide bonds. The molecule has 5 nitrogen and oxygen atoms in total. The van der Waals surface area contributed by atoms with Gasteiger partial charge in [0.25, 0.3) is 0 Å². The number of fused-ring (bicyclic) bond motifs is 3. The van der Waals surface area contributed by atoms with Gasteiger partial charge in [0.05, 0.1) is 24.2 Å². The molecule has 0 bridgehead atoms. The lowest BCUT2D eigenvalue weighted by atomic mass is 9.77. The van der Waals surface area contributed by atoms with Crippen LogP contribution in [0, 0.1) is 12.8 Å². The molecule has 3 atom stereocenters. The molecule has 152 valence electrons. The normalized spacial score (nSPS) is 26.6. The maximum absolute atomic E-state index is 13.1. The summed E-state index contributed by atoms with van der Waals surface area (Å²) in [7, 11) is -3.49. The summed E-state index contributed by atoms with van der Waals surface area (Å²) >= 11 is 0. The second-order valence-electron chi connectivity index (χ2n) is 8.16. The van der Waals surface area contributed by atoms with Crippen LogP contribution in [0.3, 0.4) is 0 Å². The van der Waals surface area contributed by atoms with Gasteiger partial charge in [-0.25, -0.2) is 8.42 Å². The number of hydrogen-bond donors (Lipinski definition) is 1. The monoisotopic (exact) mass is 410 g/mol. The summed E-state index contributed by atoms with van der Waals surface area (Å²) in [5, 5.41) is 3.70. The molecule has 6 heteroatoms. The molecule has 0 radical (unpaired) electrons. The van der Waals surface area contributed by atoms with Crippen molar-refractivity contribution in [1.29, 1.82) is 0 Å². The summed E-state index contributed by atoms with van der Waals surface area (Å²) in [6, 6.07) is 14.4. The Labute approximate surface area is 172 Å². The molecule has 2 aromatic rings. The van der Waals surface area contributed by atoms with Gasteiger partial charge < -0.3 is 10.1 Å². The van der Waals surface area contributed by atoms with Gasteiger partial charge in [-0.15, -0.1) is 0 Å². The number of nitrogens with one attached hydrogen (secondary N) is 1. The van der Waals surface area contributed by atoms with E-state index in [1.807, 2.05) is 12.1 Å². The van der Waals surface area contributed by atoms with Crippen LogP contribution >= 0.6 is 0 Å². The zero-order valence-electron chi connectivity index (χ0n) is 16.5. The van der Waals surface area contributed by atoms with Crippen molar-refractivity contribution in [2.24, 2.45) is 5.92 Å². The van der Waals surface area contributed by atoms with E-state index in [1.165, 1.54) is 15.4 Å². The van der Waals surface area contributed by atoms with Gasteiger partial charge in [0.2, 0.25) is 10.0 Å². The van der Waals surface area contributed by atoms with Gasteiger partial charge in [-0.1, -0.05) is 42.0 Å². The fourth-order valence-electron chi connectivity index (χ4n) is 4.86. The van der Waals surface area contributed by atoms with Gasteiger partial charge in [0, 0.05) is 24.7 Å². The quantitative estimate of drug-likeness (QED) is 0.781. The van der Waals surface area contributed by atoms with Crippen molar-refractivity contribution in [3.8, 4) is 0 Å². The van der Waals surface area contributed by atoms with Crippen molar-refractivity contribution >= 4 is 15.7 Å². The fraction of sp³-hybridized carbons (Fsp3) is 0.391. The molecule has 1 fully saturated rings. The van der Waals surface area contributed by atoms with Gasteiger partial charge >= 0.3 is 0 Å². The minimum atomic E-state index is -3.49. The Morgan fingerprint density at radius 1 is 1.10 bits per heavy atom. The number of rotatable bonds is 3. The lowest BCUT2D eigenvalue weighted by Crippen LogP contribution is -2.40. The van der Waals surface area contributed by atoms with E-state index < -0.39 is 10.0 Å². The first-order valence-electron chi connectivity index (χ1n) is 10.3. The van der Waals surface area contributed by atoms with Gasteiger partial charge in [0.1, 0.15) is 0 Å². The number of aryl methyl sites for hydroxylation is 1. The van der Waals surface area contributed by atoms with Crippen LogP contribution in [0.2, 0.25) is 0 Å². The summed E-state index contributed by atoms with van der Waals surface area (Å²) in [4.78, 5) is 0.382. The smallest absolute Gasteiger partial charge is 0.243 e. The number of allylic oxidation sites excluding steroid dienone is 2. The molecule has 0 saturated carbocycles. The van der Waals surface area contributed by atoms with E-state index in [-0.39, 0.29) is 12.0 Å². The summed E-state index contributed by atoms with van der Waals surface area (Å²) in [5.41, 5.74) is 4.66. The molecule has 2 aliphatic heterocycles. The number of morpholine rings is 1. The van der Waals surface area contributed by atoms with Crippen LogP contribution in [0.4, 0.5) is 5.69 Å². The van der Waals surface area contributed by atoms with E-state index in [9.17, 15) is 8.42 Å². The molecule has 1 aliphatic carbocycles. The number of anilines is 1. The Hall–Kier alpha value is -2.15. The zero-order chi connectivity index (χ0) is 20.0. The Balaban J connectivity index is 1.52. The summed E-state index contributed by atoms with van der Waals surface area (Å²) in [5.74, 6) is 0.627. The Morgan fingerprint density at radius 2 is 1.93 bits per heavy atom. The Kier molecular flexibility index (Phi) is 4.73. The lowest BCUT2D eigenvalue weighted by molar-refractivity contribution is 0.0730. The molecule has 0 spiro atoms. The number of nitrogens with zero attached hydrogens (tertiary/aromatic N) is 1. The van der Waals surface area contributed by atoms with Crippen LogP contribution in [0.15, 0.2) is 59.5 Å². The predicted octanol–water partition coefficient (Wildman–Crippen LogP) is 3.84. The maximum atomic E-state index is 13.1. The molecule has 0 aromatic heterocycles. The van der Waals surface area contributed by atoms with Crippen molar-refractivity contribution in [3.63, 3.8) is 0 Å². The largest absolute Gasteiger partial charge is 0.379 e. The zero-order valence-corrected chi connectivity index (χ0v) is 17.4. The van der Waals surface area contributed by atoms with Crippen molar-refractivity contribution < 1.29 is 13.2 Å². The van der Waals surface area contributed by atoms with Crippen LogP contribution in [0.25, 0.3) is 0 Å². The van der Waals surface area contributed by atoms with Crippen molar-refractivity contribution in [3.05, 3.63) is 71.3 Å². The van der Waals surface area contributed by atoms with Gasteiger partial charge in [0.15, 0.2) is 0 Å². The van der Waals surface area contributed by atoms with Crippen LogP contribution in [-0.4, -0.2) is 39.0 Å². The number of sulfonamides is 1. The molecule has 29 heavy (non-hydrogen) atoms. The molecule has 5 rings (SSSR count). The van der Waals surface area contributed by atoms with Gasteiger partial charge in [-0.2, -0.15) is 4.31 Å². The molecule has 3 unspecified atom stereocenters. The lowest BCUT2D eigenvalue weighted by Gasteiger charge is -2.38. The molecule has 2 heterocycles. The Bertz CT molecular complexity index is 1060. The third kappa shape index (κ3) is 3.29. The standard InChI is InChI=1S/C23H26N2O3S/c1-16-4-2-5-17(14-16)23-20-7-3-6-19(20)21-15-18(8-9-22(21)24-23)29(26,27)25-10-12-28-13-11-25/h2-6,8-9,14-15,19-20,23-24H,7,10-13H2,1H3. The van der Waals surface area contributed by atoms with E-state index in [0.717, 1.165) is 17.7 Å². The molecular formula is C23H26N2O3S. The second-order valence-corrected chi connectivity index (χ2v) is 10.1. The summed E-state index contributed by atoms with van der Waals surface area (Å²) in [6.45, 7) is 3.86. The average Bonchev–Trinajstić information content (AvgIpc) is 3.23. The third-order valence-electron chi connectivity index (χ3n) is 6.34. The van der Waals surface area contributed by atoms with Crippen LogP contribution in [0.5, 0.6) is 0 Å². The number of ether oxygens (including phenoxy) is 1. The molecule has 1 N–H and O–H groups in total. The predicted molar refractivity (Wildman–Crippen MR) is 114 cm³/mol. The van der Waals surface area contributed by atoms with Gasteiger partial charge in [-0.3, -0.25) is 0 Å². The first-order valence-corrected chi connectivity index (χ1v) is 11.7. The molecule has 1 saturated heterocycles. The first kappa shape index (κ1) is 18.9. The van der Waals surface area contributed by atoms with Crippen LogP contribution < -0.4 is 5.32 Å². The highest BCUT2D eigenvalue weighted by atomic mass is 32.2. The highest BCUT2D eigenvalue weighted by molar-refractivity contribution is 7.89. The SMILES string of the molecule is Cc1cccc(C2Nc3ccc(S(=O)(=O)N4CCOCC4)cc3C3C=CCC32)c1. The second kappa shape index (κ2) is 7.27. The Morgan fingerprint density at radius 3 is 2.72 bits per heavy atom. The molecule has 3 aliphatic rings. The van der Waals surface area contributed by atoms with Crippen LogP contribution in [-0.2, 0) is 14.8 Å².